The van der Waals surface area contributed by atoms with Crippen LogP contribution in [-0.4, -0.2) is 18.5 Å². The molecule has 88 valence electrons. The van der Waals surface area contributed by atoms with E-state index in [0.717, 1.165) is 0 Å². The summed E-state index contributed by atoms with van der Waals surface area (Å²) in [6.07, 6.45) is 2.55. The molecular formula is C13H24O2. The average molecular weight is 212 g/mol. The summed E-state index contributed by atoms with van der Waals surface area (Å²) in [5.41, 5.74) is 0.298. The van der Waals surface area contributed by atoms with Crippen molar-refractivity contribution in [2.24, 2.45) is 17.3 Å². The van der Waals surface area contributed by atoms with Crippen molar-refractivity contribution in [3.05, 3.63) is 0 Å². The fourth-order valence-electron chi connectivity index (χ4n) is 4.05. The van der Waals surface area contributed by atoms with Gasteiger partial charge in [0.05, 0.1) is 5.60 Å². The van der Waals surface area contributed by atoms with Crippen molar-refractivity contribution in [2.75, 3.05) is 7.11 Å². The number of methoxy groups -OCH3 is 1. The summed E-state index contributed by atoms with van der Waals surface area (Å²) in [6.45, 7) is 11.2. The largest absolute Gasteiger partial charge is 0.353 e. The van der Waals surface area contributed by atoms with Crippen LogP contribution in [-0.2, 0) is 9.47 Å². The van der Waals surface area contributed by atoms with E-state index in [-0.39, 0.29) is 5.60 Å². The van der Waals surface area contributed by atoms with Crippen LogP contribution in [0.4, 0.5) is 0 Å². The molecule has 0 bridgehead atoms. The van der Waals surface area contributed by atoms with Crippen molar-refractivity contribution in [1.29, 1.82) is 0 Å². The van der Waals surface area contributed by atoms with Crippen LogP contribution < -0.4 is 0 Å². The molecule has 1 heterocycles. The van der Waals surface area contributed by atoms with Crippen molar-refractivity contribution in [3.8, 4) is 0 Å². The lowest BCUT2D eigenvalue weighted by atomic mass is 9.72. The number of fused-ring (bicyclic) bond motifs is 1. The Hall–Kier alpha value is -0.0800. The van der Waals surface area contributed by atoms with E-state index >= 15 is 0 Å². The van der Waals surface area contributed by atoms with Crippen LogP contribution in [0.2, 0.25) is 0 Å². The van der Waals surface area contributed by atoms with Gasteiger partial charge in [0.2, 0.25) is 0 Å². The second-order valence-electron chi connectivity index (χ2n) is 6.54. The van der Waals surface area contributed by atoms with E-state index in [2.05, 4.69) is 34.6 Å². The summed E-state index contributed by atoms with van der Waals surface area (Å²) in [6, 6.07) is 0. The highest BCUT2D eigenvalue weighted by molar-refractivity contribution is 5.08. The van der Waals surface area contributed by atoms with E-state index in [4.69, 9.17) is 9.47 Å². The van der Waals surface area contributed by atoms with Gasteiger partial charge < -0.3 is 9.47 Å². The Balaban J connectivity index is 2.40. The molecule has 0 amide bonds. The maximum Gasteiger partial charge on any atom is 0.169 e. The average Bonchev–Trinajstić information content (AvgIpc) is 2.50. The first-order valence-electron chi connectivity index (χ1n) is 5.98. The summed E-state index contributed by atoms with van der Waals surface area (Å²) in [5, 5.41) is 0. The normalized spacial score (nSPS) is 46.8. The van der Waals surface area contributed by atoms with Gasteiger partial charge in [-0.05, 0) is 44.9 Å². The highest BCUT2D eigenvalue weighted by Gasteiger charge is 2.63. The lowest BCUT2D eigenvalue weighted by Gasteiger charge is -2.37. The van der Waals surface area contributed by atoms with Crippen LogP contribution in [0.1, 0.15) is 47.5 Å². The van der Waals surface area contributed by atoms with Gasteiger partial charge in [0.1, 0.15) is 0 Å². The molecule has 1 aliphatic heterocycles. The molecule has 3 unspecified atom stereocenters. The highest BCUT2D eigenvalue weighted by Crippen LogP contribution is 2.61. The van der Waals surface area contributed by atoms with Crippen molar-refractivity contribution >= 4 is 0 Å². The van der Waals surface area contributed by atoms with Crippen molar-refractivity contribution in [3.63, 3.8) is 0 Å². The van der Waals surface area contributed by atoms with Gasteiger partial charge in [0.15, 0.2) is 5.79 Å². The molecule has 2 aliphatic rings. The van der Waals surface area contributed by atoms with Gasteiger partial charge in [-0.2, -0.15) is 0 Å². The third kappa shape index (κ3) is 1.45. The lowest BCUT2D eigenvalue weighted by molar-refractivity contribution is -0.248. The van der Waals surface area contributed by atoms with Crippen LogP contribution in [0.25, 0.3) is 0 Å². The zero-order valence-corrected chi connectivity index (χ0v) is 10.9. The third-order valence-corrected chi connectivity index (χ3v) is 4.67. The van der Waals surface area contributed by atoms with Crippen molar-refractivity contribution < 1.29 is 9.47 Å². The summed E-state index contributed by atoms with van der Waals surface area (Å²) in [7, 11) is 1.77. The molecule has 1 aliphatic carbocycles. The monoisotopic (exact) mass is 212 g/mol. The lowest BCUT2D eigenvalue weighted by Crippen LogP contribution is -2.41. The van der Waals surface area contributed by atoms with Crippen LogP contribution in [0.5, 0.6) is 0 Å². The van der Waals surface area contributed by atoms with Crippen LogP contribution in [0, 0.1) is 17.3 Å². The molecule has 1 saturated carbocycles. The second kappa shape index (κ2) is 2.98. The Morgan fingerprint density at radius 3 is 2.27 bits per heavy atom. The van der Waals surface area contributed by atoms with Crippen molar-refractivity contribution in [1.82, 2.24) is 0 Å². The minimum absolute atomic E-state index is 0.0385. The molecule has 0 aromatic heterocycles. The van der Waals surface area contributed by atoms with E-state index in [1.54, 1.807) is 7.11 Å². The summed E-state index contributed by atoms with van der Waals surface area (Å²) < 4.78 is 11.8. The molecule has 15 heavy (non-hydrogen) atoms. The Labute approximate surface area is 93.3 Å². The SMILES string of the molecule is COC1(C)OC(C)(C)C2CCC(C)(C)C21. The second-order valence-corrected chi connectivity index (χ2v) is 6.54. The molecule has 2 heteroatoms. The molecule has 2 fully saturated rings. The maximum atomic E-state index is 6.17. The minimum atomic E-state index is -0.395. The molecular weight excluding hydrogens is 188 g/mol. The van der Waals surface area contributed by atoms with Gasteiger partial charge in [-0.15, -0.1) is 0 Å². The van der Waals surface area contributed by atoms with Gasteiger partial charge in [-0.1, -0.05) is 13.8 Å². The molecule has 3 atom stereocenters. The van der Waals surface area contributed by atoms with Gasteiger partial charge in [0, 0.05) is 13.0 Å². The van der Waals surface area contributed by atoms with Crippen molar-refractivity contribution in [2.45, 2.75) is 58.8 Å². The molecule has 0 radical (unpaired) electrons. The topological polar surface area (TPSA) is 18.5 Å². The summed E-state index contributed by atoms with van der Waals surface area (Å²) in [5.74, 6) is 0.760. The van der Waals surface area contributed by atoms with Gasteiger partial charge in [0.25, 0.3) is 0 Å². The fraction of sp³-hybridized carbons (Fsp3) is 1.00. The molecule has 0 aromatic rings. The first-order valence-corrected chi connectivity index (χ1v) is 5.98. The van der Waals surface area contributed by atoms with E-state index in [0.29, 0.717) is 17.3 Å². The Morgan fingerprint density at radius 2 is 1.73 bits per heavy atom. The number of hydrogen-bond acceptors (Lipinski definition) is 2. The first kappa shape index (κ1) is 11.4. The minimum Gasteiger partial charge on any atom is -0.353 e. The molecule has 2 rings (SSSR count). The quantitative estimate of drug-likeness (QED) is 0.664. The fourth-order valence-corrected chi connectivity index (χ4v) is 4.05. The summed E-state index contributed by atoms with van der Waals surface area (Å²) >= 11 is 0. The van der Waals surface area contributed by atoms with Crippen LogP contribution in [0.3, 0.4) is 0 Å². The van der Waals surface area contributed by atoms with E-state index in [1.807, 2.05) is 0 Å². The predicted molar refractivity (Wildman–Crippen MR) is 60.6 cm³/mol. The Bertz CT molecular complexity index is 268. The Kier molecular flexibility index (Phi) is 2.27. The van der Waals surface area contributed by atoms with E-state index in [9.17, 15) is 0 Å². The molecule has 2 nitrogen and oxygen atoms in total. The molecule has 0 aromatic carbocycles. The smallest absolute Gasteiger partial charge is 0.169 e. The van der Waals surface area contributed by atoms with E-state index < -0.39 is 5.79 Å². The first-order chi connectivity index (χ1) is 6.73. The number of rotatable bonds is 1. The molecule has 1 saturated heterocycles. The number of hydrogen-bond donors (Lipinski definition) is 0. The van der Waals surface area contributed by atoms with Crippen LogP contribution in [0.15, 0.2) is 0 Å². The van der Waals surface area contributed by atoms with Gasteiger partial charge in [-0.25, -0.2) is 0 Å². The summed E-state index contributed by atoms with van der Waals surface area (Å²) in [4.78, 5) is 0. The predicted octanol–water partition coefficient (Wildman–Crippen LogP) is 3.21. The third-order valence-electron chi connectivity index (χ3n) is 4.67. The van der Waals surface area contributed by atoms with Gasteiger partial charge >= 0.3 is 0 Å². The highest BCUT2D eigenvalue weighted by atomic mass is 16.7. The number of ether oxygens (including phenoxy) is 2. The standard InChI is InChI=1S/C13H24O2/c1-11(2)8-7-9-10(11)13(5,14-6)15-12(9,3)4/h9-10H,7-8H2,1-6H3. The molecule has 0 N–H and O–H groups in total. The molecule has 0 spiro atoms. The van der Waals surface area contributed by atoms with Gasteiger partial charge in [-0.3, -0.25) is 0 Å². The zero-order chi connectivity index (χ0) is 11.5. The maximum absolute atomic E-state index is 6.17. The Morgan fingerprint density at radius 1 is 1.13 bits per heavy atom. The van der Waals surface area contributed by atoms with Crippen LogP contribution >= 0.6 is 0 Å². The van der Waals surface area contributed by atoms with E-state index in [1.165, 1.54) is 12.8 Å². The zero-order valence-electron chi connectivity index (χ0n) is 10.9.